The molecule has 4 aliphatic rings. The second kappa shape index (κ2) is 21.4. The van der Waals surface area contributed by atoms with Crippen LogP contribution in [0.5, 0.6) is 5.75 Å². The highest BCUT2D eigenvalue weighted by Gasteiger charge is 2.45. The number of hydroxylamine groups is 2. The predicted molar refractivity (Wildman–Crippen MR) is 268 cm³/mol. The number of fused-ring (bicyclic) bond motifs is 2. The van der Waals surface area contributed by atoms with E-state index in [4.69, 9.17) is 9.57 Å². The van der Waals surface area contributed by atoms with Gasteiger partial charge >= 0.3 is 5.97 Å². The molecule has 3 aliphatic heterocycles. The maximum atomic E-state index is 12.5. The first-order chi connectivity index (χ1) is 34.5. The second-order valence-corrected chi connectivity index (χ2v) is 25.2. The van der Waals surface area contributed by atoms with Gasteiger partial charge in [-0.15, -0.1) is 5.06 Å². The topological polar surface area (TPSA) is 299 Å². The summed E-state index contributed by atoms with van der Waals surface area (Å²) in [5, 5.41) is 0.504. The van der Waals surface area contributed by atoms with Gasteiger partial charge in [-0.05, 0) is 142 Å². The second-order valence-electron chi connectivity index (χ2n) is 19.4. The fourth-order valence-electron chi connectivity index (χ4n) is 9.69. The van der Waals surface area contributed by atoms with Crippen molar-refractivity contribution in [2.75, 3.05) is 23.7 Å². The third kappa shape index (κ3) is 12.6. The van der Waals surface area contributed by atoms with E-state index in [1.54, 1.807) is 12.1 Å². The number of hydrogen-bond donors (Lipinski definition) is 3. The van der Waals surface area contributed by atoms with Crippen molar-refractivity contribution in [3.63, 3.8) is 0 Å². The first-order valence-electron chi connectivity index (χ1n) is 23.7. The molecule has 7 rings (SSSR count). The standard InChI is InChI=1S/C50H57N3O17S4/c1-49(2)39-31-37(73(63,64)65)20-22-41(39)51(28-7-5-6-13-47(56)70-53-45(54)26-27-46(53)55)43(49)24-14-33-11-10-12-34(48(33)69-35-16-18-36(19-17-35)72(60,61)62)15-25-44-50(3,4)40-32-38(74(66,67)68)21-23-42(40)52(44)29-8-9-30-71(57,58)59/h14-25,31-32H,5-13,26-30H2,1-4H3,(H3-,57,58,59,60,61,62,63,64,65,66,67,68). The van der Waals surface area contributed by atoms with Crippen LogP contribution in [0.25, 0.3) is 0 Å². The monoisotopic (exact) mass is 1100 g/mol. The van der Waals surface area contributed by atoms with E-state index in [2.05, 4.69) is 0 Å². The van der Waals surface area contributed by atoms with Crippen LogP contribution in [0, 0.1) is 0 Å². The van der Waals surface area contributed by atoms with Crippen LogP contribution in [0.2, 0.25) is 0 Å². The van der Waals surface area contributed by atoms with E-state index in [9.17, 15) is 66.3 Å². The molecule has 398 valence electrons. The highest BCUT2D eigenvalue weighted by atomic mass is 32.2. The average Bonchev–Trinajstić information content (AvgIpc) is 3.82. The number of carbonyl (C=O) groups excluding carboxylic acids is 3. The Labute approximate surface area is 430 Å². The van der Waals surface area contributed by atoms with Crippen molar-refractivity contribution < 1.29 is 80.4 Å². The smallest absolute Gasteiger partial charge is 0.333 e. The molecular weight excluding hydrogens is 1040 g/mol. The Morgan fingerprint density at radius 2 is 1.31 bits per heavy atom. The molecule has 3 heterocycles. The van der Waals surface area contributed by atoms with Crippen LogP contribution in [0.1, 0.15) is 109 Å². The Morgan fingerprint density at radius 3 is 1.93 bits per heavy atom. The molecule has 1 aliphatic carbocycles. The van der Waals surface area contributed by atoms with Crippen LogP contribution in [0.3, 0.4) is 0 Å². The molecule has 3 aromatic rings. The van der Waals surface area contributed by atoms with Crippen molar-refractivity contribution in [3.05, 3.63) is 119 Å². The molecule has 3 N–H and O–H groups in total. The van der Waals surface area contributed by atoms with Crippen LogP contribution >= 0.6 is 0 Å². The number of nitrogens with zero attached hydrogens (tertiary/aromatic N) is 3. The molecule has 1 fully saturated rings. The number of amides is 2. The maximum Gasteiger partial charge on any atom is 0.333 e. The zero-order chi connectivity index (χ0) is 54.2. The lowest BCUT2D eigenvalue weighted by Crippen LogP contribution is -2.31. The molecule has 0 atom stereocenters. The molecule has 1 saturated heterocycles. The summed E-state index contributed by atoms with van der Waals surface area (Å²) in [5.74, 6) is -1.83. The number of benzene rings is 3. The van der Waals surface area contributed by atoms with E-state index in [0.717, 1.165) is 5.71 Å². The Balaban J connectivity index is 1.28. The molecule has 0 bridgehead atoms. The summed E-state index contributed by atoms with van der Waals surface area (Å²) >= 11 is 0. The molecule has 0 aromatic heterocycles. The van der Waals surface area contributed by atoms with Gasteiger partial charge in [0.25, 0.3) is 42.2 Å². The normalized spacial score (nSPS) is 19.1. The number of hydrogen-bond acceptors (Lipinski definition) is 15. The summed E-state index contributed by atoms with van der Waals surface area (Å²) in [5.41, 5.74) is 3.52. The molecule has 20 nitrogen and oxygen atoms in total. The minimum atomic E-state index is -4.59. The van der Waals surface area contributed by atoms with E-state index in [1.165, 1.54) is 48.5 Å². The third-order valence-electron chi connectivity index (χ3n) is 13.5. The summed E-state index contributed by atoms with van der Waals surface area (Å²) in [6.45, 7) is 8.18. The molecule has 0 radical (unpaired) electrons. The molecule has 74 heavy (non-hydrogen) atoms. The number of imide groups is 1. The van der Waals surface area contributed by atoms with Crippen molar-refractivity contribution in [1.82, 2.24) is 5.06 Å². The summed E-state index contributed by atoms with van der Waals surface area (Å²) in [7, 11) is -18.2. The number of ether oxygens (including phenoxy) is 1. The minimum Gasteiger partial charge on any atom is -0.748 e. The lowest BCUT2D eigenvalue weighted by Gasteiger charge is -2.27. The van der Waals surface area contributed by atoms with Crippen LogP contribution in [-0.2, 0) is 70.5 Å². The minimum absolute atomic E-state index is 0.0284. The Bertz CT molecular complexity index is 3390. The van der Waals surface area contributed by atoms with Gasteiger partial charge in [0.05, 0.1) is 30.2 Å². The van der Waals surface area contributed by atoms with Gasteiger partial charge in [0.15, 0.2) is 5.71 Å². The summed E-state index contributed by atoms with van der Waals surface area (Å²) in [6, 6.07) is 13.7. The number of unbranched alkanes of at least 4 members (excludes halogenated alkanes) is 3. The number of anilines is 1. The molecule has 0 unspecified atom stereocenters. The van der Waals surface area contributed by atoms with Gasteiger partial charge in [-0.1, -0.05) is 19.9 Å². The van der Waals surface area contributed by atoms with Crippen molar-refractivity contribution >= 4 is 75.3 Å². The van der Waals surface area contributed by atoms with Gasteiger partial charge in [-0.25, -0.2) is 13.2 Å². The molecule has 24 heteroatoms. The number of rotatable bonds is 20. The predicted octanol–water partition coefficient (Wildman–Crippen LogP) is 6.98. The van der Waals surface area contributed by atoms with Gasteiger partial charge in [0.1, 0.15) is 18.1 Å². The lowest BCUT2D eigenvalue weighted by molar-refractivity contribution is -0.438. The van der Waals surface area contributed by atoms with E-state index >= 15 is 0 Å². The Kier molecular flexibility index (Phi) is 16.2. The molecule has 2 amide bonds. The van der Waals surface area contributed by atoms with Crippen molar-refractivity contribution in [3.8, 4) is 5.75 Å². The van der Waals surface area contributed by atoms with Crippen LogP contribution < -0.4 is 9.64 Å². The van der Waals surface area contributed by atoms with Gasteiger partial charge < -0.3 is 19.0 Å². The first kappa shape index (κ1) is 55.9. The summed E-state index contributed by atoms with van der Waals surface area (Å²) in [6.07, 6.45) is 10.7. The molecule has 0 saturated carbocycles. The van der Waals surface area contributed by atoms with Crippen molar-refractivity contribution in [2.45, 2.75) is 124 Å². The van der Waals surface area contributed by atoms with E-state index in [1.807, 2.05) is 61.5 Å². The van der Waals surface area contributed by atoms with Gasteiger partial charge in [0, 0.05) is 72.5 Å². The van der Waals surface area contributed by atoms with Crippen LogP contribution in [-0.4, -0.2) is 104 Å². The summed E-state index contributed by atoms with van der Waals surface area (Å²) < 4.78 is 146. The van der Waals surface area contributed by atoms with E-state index in [-0.39, 0.29) is 59.1 Å². The van der Waals surface area contributed by atoms with Gasteiger partial charge in [0.2, 0.25) is 5.69 Å². The van der Waals surface area contributed by atoms with Crippen LogP contribution in [0.15, 0.2) is 122 Å². The quantitative estimate of drug-likeness (QED) is 0.0445. The SMILES string of the molecule is CC1(C)C(/C=C/C2=C(Oc3ccc(S(=O)(=O)O)cc3)C(=C/C=C3/N(CCCCS(=O)(=O)[O-])c4ccc(S(=O)(=O)O)cc4C3(C)C)/CCC2)=[N+](CCCCCC(=O)ON2C(=O)CCC2=O)c2ccc(S(=O)(=O)O)cc21. The van der Waals surface area contributed by atoms with Gasteiger partial charge in [-0.2, -0.15) is 29.8 Å². The Morgan fingerprint density at radius 1 is 0.703 bits per heavy atom. The molecular formula is C50H57N3O17S4. The largest absolute Gasteiger partial charge is 0.748 e. The molecule has 3 aromatic carbocycles. The van der Waals surface area contributed by atoms with Gasteiger partial charge in [-0.3, -0.25) is 23.2 Å². The maximum absolute atomic E-state index is 12.5. The lowest BCUT2D eigenvalue weighted by atomic mass is 9.81. The number of allylic oxidation sites excluding steroid dienone is 7. The Hall–Kier alpha value is -5.86. The number of carbonyl (C=O) groups is 3. The fourth-order valence-corrected chi connectivity index (χ4v) is 11.7. The highest BCUT2D eigenvalue weighted by molar-refractivity contribution is 7.86. The fraction of sp³-hybridized carbons (Fsp3) is 0.400. The van der Waals surface area contributed by atoms with E-state index < -0.39 is 74.8 Å². The zero-order valence-electron chi connectivity index (χ0n) is 41.0. The third-order valence-corrected chi connectivity index (χ3v) is 16.9. The van der Waals surface area contributed by atoms with Crippen LogP contribution in [0.4, 0.5) is 11.4 Å². The van der Waals surface area contributed by atoms with Crippen molar-refractivity contribution in [2.24, 2.45) is 0 Å². The summed E-state index contributed by atoms with van der Waals surface area (Å²) in [4.78, 5) is 42.3. The highest BCUT2D eigenvalue weighted by Crippen LogP contribution is 2.49. The first-order valence-corrected chi connectivity index (χ1v) is 29.6. The molecule has 0 spiro atoms. The van der Waals surface area contributed by atoms with Crippen molar-refractivity contribution in [1.29, 1.82) is 0 Å². The average molecular weight is 1100 g/mol. The van der Waals surface area contributed by atoms with E-state index in [0.29, 0.717) is 95.2 Å². The zero-order valence-corrected chi connectivity index (χ0v) is 44.3.